The lowest BCUT2D eigenvalue weighted by molar-refractivity contribution is 0.164. The molecule has 1 atom stereocenters. The fourth-order valence-electron chi connectivity index (χ4n) is 2.55. The highest BCUT2D eigenvalue weighted by atomic mass is 79.9. The predicted octanol–water partition coefficient (Wildman–Crippen LogP) is 3.20. The van der Waals surface area contributed by atoms with E-state index in [9.17, 15) is 0 Å². The Morgan fingerprint density at radius 1 is 1.29 bits per heavy atom. The third-order valence-corrected chi connectivity index (χ3v) is 4.14. The molecule has 94 valence electrons. The smallest absolute Gasteiger partial charge is 0.0360 e. The van der Waals surface area contributed by atoms with Crippen LogP contribution in [-0.4, -0.2) is 31.1 Å². The van der Waals surface area contributed by atoms with E-state index < -0.39 is 0 Å². The lowest BCUT2D eigenvalue weighted by Gasteiger charge is -2.35. The molecular weight excluding hydrogens is 276 g/mol. The minimum Gasteiger partial charge on any atom is -0.314 e. The predicted molar refractivity (Wildman–Crippen MR) is 76.2 cm³/mol. The molecule has 1 heterocycles. The van der Waals surface area contributed by atoms with Gasteiger partial charge in [0.2, 0.25) is 0 Å². The molecule has 1 aliphatic rings. The van der Waals surface area contributed by atoms with E-state index in [0.29, 0.717) is 6.04 Å². The monoisotopic (exact) mass is 296 g/mol. The first-order valence-electron chi connectivity index (χ1n) is 6.52. The highest BCUT2D eigenvalue weighted by molar-refractivity contribution is 9.10. The quantitative estimate of drug-likeness (QED) is 0.918. The van der Waals surface area contributed by atoms with Gasteiger partial charge in [-0.25, -0.2) is 0 Å². The zero-order chi connectivity index (χ0) is 12.1. The summed E-state index contributed by atoms with van der Waals surface area (Å²) >= 11 is 3.69. The molecule has 3 heteroatoms. The number of benzene rings is 1. The van der Waals surface area contributed by atoms with E-state index in [1.807, 2.05) is 0 Å². The standard InChI is InChI=1S/C14H21BrN2/c1-2-5-14(17-10-8-16-9-11-17)12-6-3-4-7-13(12)15/h3-4,6-7,14,16H,2,5,8-11H2,1H3/t14-/m0/s1. The number of hydrogen-bond acceptors (Lipinski definition) is 2. The summed E-state index contributed by atoms with van der Waals surface area (Å²) < 4.78 is 1.25. The lowest BCUT2D eigenvalue weighted by Crippen LogP contribution is -2.45. The molecule has 0 spiro atoms. The summed E-state index contributed by atoms with van der Waals surface area (Å²) in [6.45, 7) is 6.82. The van der Waals surface area contributed by atoms with Crippen molar-refractivity contribution in [2.45, 2.75) is 25.8 Å². The molecular formula is C14H21BrN2. The minimum atomic E-state index is 0.567. The van der Waals surface area contributed by atoms with Crippen LogP contribution in [0.3, 0.4) is 0 Å². The van der Waals surface area contributed by atoms with Crippen LogP contribution in [0.4, 0.5) is 0 Å². The van der Waals surface area contributed by atoms with Crippen molar-refractivity contribution in [1.82, 2.24) is 10.2 Å². The van der Waals surface area contributed by atoms with Gasteiger partial charge in [0.25, 0.3) is 0 Å². The molecule has 17 heavy (non-hydrogen) atoms. The van der Waals surface area contributed by atoms with Gasteiger partial charge in [0, 0.05) is 36.7 Å². The van der Waals surface area contributed by atoms with Crippen LogP contribution in [-0.2, 0) is 0 Å². The number of hydrogen-bond donors (Lipinski definition) is 1. The van der Waals surface area contributed by atoms with Gasteiger partial charge in [0.15, 0.2) is 0 Å². The highest BCUT2D eigenvalue weighted by Gasteiger charge is 2.22. The van der Waals surface area contributed by atoms with Crippen LogP contribution in [0, 0.1) is 0 Å². The molecule has 0 radical (unpaired) electrons. The average molecular weight is 297 g/mol. The van der Waals surface area contributed by atoms with Crippen molar-refractivity contribution in [1.29, 1.82) is 0 Å². The van der Waals surface area contributed by atoms with Crippen molar-refractivity contribution >= 4 is 15.9 Å². The maximum atomic E-state index is 3.69. The molecule has 2 nitrogen and oxygen atoms in total. The van der Waals surface area contributed by atoms with Gasteiger partial charge in [0.1, 0.15) is 0 Å². The molecule has 2 rings (SSSR count). The number of halogens is 1. The van der Waals surface area contributed by atoms with E-state index in [1.54, 1.807) is 0 Å². The van der Waals surface area contributed by atoms with Crippen LogP contribution in [0.15, 0.2) is 28.7 Å². The Kier molecular flexibility index (Phi) is 5.01. The van der Waals surface area contributed by atoms with E-state index in [2.05, 4.69) is 57.3 Å². The minimum absolute atomic E-state index is 0.567. The molecule has 0 bridgehead atoms. The van der Waals surface area contributed by atoms with Crippen LogP contribution in [0.5, 0.6) is 0 Å². The van der Waals surface area contributed by atoms with E-state index in [4.69, 9.17) is 0 Å². The van der Waals surface area contributed by atoms with Gasteiger partial charge in [-0.3, -0.25) is 4.90 Å². The summed E-state index contributed by atoms with van der Waals surface area (Å²) in [6, 6.07) is 9.21. The molecule has 0 saturated carbocycles. The van der Waals surface area contributed by atoms with Crippen molar-refractivity contribution in [3.8, 4) is 0 Å². The van der Waals surface area contributed by atoms with E-state index in [1.165, 1.54) is 22.9 Å². The first-order chi connectivity index (χ1) is 8.33. The van der Waals surface area contributed by atoms with Gasteiger partial charge in [-0.05, 0) is 18.1 Å². The number of rotatable bonds is 4. The average Bonchev–Trinajstić information content (AvgIpc) is 2.38. The van der Waals surface area contributed by atoms with Crippen molar-refractivity contribution in [2.24, 2.45) is 0 Å². The molecule has 1 saturated heterocycles. The Morgan fingerprint density at radius 2 is 2.00 bits per heavy atom. The number of piperazine rings is 1. The van der Waals surface area contributed by atoms with Gasteiger partial charge in [-0.1, -0.05) is 47.5 Å². The Labute approximate surface area is 113 Å². The maximum absolute atomic E-state index is 3.69. The Bertz CT molecular complexity index is 348. The summed E-state index contributed by atoms with van der Waals surface area (Å²) in [7, 11) is 0. The molecule has 1 aromatic carbocycles. The van der Waals surface area contributed by atoms with E-state index in [0.717, 1.165) is 26.2 Å². The molecule has 1 fully saturated rings. The van der Waals surface area contributed by atoms with Crippen LogP contribution in [0.25, 0.3) is 0 Å². The lowest BCUT2D eigenvalue weighted by atomic mass is 10.00. The summed E-state index contributed by atoms with van der Waals surface area (Å²) in [5.41, 5.74) is 1.44. The van der Waals surface area contributed by atoms with E-state index >= 15 is 0 Å². The number of nitrogens with one attached hydrogen (secondary N) is 1. The molecule has 1 aliphatic heterocycles. The molecule has 0 unspecified atom stereocenters. The summed E-state index contributed by atoms with van der Waals surface area (Å²) in [5.74, 6) is 0. The van der Waals surface area contributed by atoms with Crippen LogP contribution in [0.1, 0.15) is 31.4 Å². The topological polar surface area (TPSA) is 15.3 Å². The summed E-state index contributed by atoms with van der Waals surface area (Å²) in [4.78, 5) is 2.61. The first kappa shape index (κ1) is 13.1. The fourth-order valence-corrected chi connectivity index (χ4v) is 3.10. The highest BCUT2D eigenvalue weighted by Crippen LogP contribution is 2.31. The van der Waals surface area contributed by atoms with Crippen LogP contribution in [0.2, 0.25) is 0 Å². The van der Waals surface area contributed by atoms with Gasteiger partial charge in [-0.2, -0.15) is 0 Å². The molecule has 1 N–H and O–H groups in total. The summed E-state index contributed by atoms with van der Waals surface area (Å²) in [5, 5.41) is 3.42. The van der Waals surface area contributed by atoms with Gasteiger partial charge < -0.3 is 5.32 Å². The zero-order valence-corrected chi connectivity index (χ0v) is 12.0. The second-order valence-electron chi connectivity index (χ2n) is 4.61. The van der Waals surface area contributed by atoms with Crippen LogP contribution < -0.4 is 5.32 Å². The largest absolute Gasteiger partial charge is 0.314 e. The normalized spacial score (nSPS) is 19.2. The zero-order valence-electron chi connectivity index (χ0n) is 10.5. The molecule has 0 aliphatic carbocycles. The van der Waals surface area contributed by atoms with Crippen molar-refractivity contribution in [2.75, 3.05) is 26.2 Å². The Balaban J connectivity index is 2.18. The Hall–Kier alpha value is -0.380. The van der Waals surface area contributed by atoms with Crippen molar-refractivity contribution < 1.29 is 0 Å². The van der Waals surface area contributed by atoms with Crippen molar-refractivity contribution in [3.05, 3.63) is 34.3 Å². The first-order valence-corrected chi connectivity index (χ1v) is 7.31. The Morgan fingerprint density at radius 3 is 2.65 bits per heavy atom. The molecule has 0 amide bonds. The third kappa shape index (κ3) is 3.30. The maximum Gasteiger partial charge on any atom is 0.0360 e. The summed E-state index contributed by atoms with van der Waals surface area (Å²) in [6.07, 6.45) is 2.47. The van der Waals surface area contributed by atoms with Gasteiger partial charge in [0.05, 0.1) is 0 Å². The molecule has 1 aromatic rings. The fraction of sp³-hybridized carbons (Fsp3) is 0.571. The van der Waals surface area contributed by atoms with E-state index in [-0.39, 0.29) is 0 Å². The van der Waals surface area contributed by atoms with Crippen LogP contribution >= 0.6 is 15.9 Å². The SMILES string of the molecule is CCC[C@@H](c1ccccc1Br)N1CCNCC1. The van der Waals surface area contributed by atoms with Gasteiger partial charge in [-0.15, -0.1) is 0 Å². The number of nitrogens with zero attached hydrogens (tertiary/aromatic N) is 1. The second-order valence-corrected chi connectivity index (χ2v) is 5.47. The van der Waals surface area contributed by atoms with Gasteiger partial charge >= 0.3 is 0 Å². The van der Waals surface area contributed by atoms with Crippen molar-refractivity contribution in [3.63, 3.8) is 0 Å². The third-order valence-electron chi connectivity index (χ3n) is 3.42. The molecule has 0 aromatic heterocycles. The second kappa shape index (κ2) is 6.53.